The first-order valence-electron chi connectivity index (χ1n) is 6.72. The summed E-state index contributed by atoms with van der Waals surface area (Å²) >= 11 is 0. The van der Waals surface area contributed by atoms with Gasteiger partial charge >= 0.3 is 0 Å². The second-order valence-corrected chi connectivity index (χ2v) is 4.70. The molecule has 4 heteroatoms. The predicted molar refractivity (Wildman–Crippen MR) is 77.7 cm³/mol. The van der Waals surface area contributed by atoms with E-state index in [0.717, 1.165) is 18.4 Å². The molecule has 1 aromatic rings. The van der Waals surface area contributed by atoms with Gasteiger partial charge in [-0.05, 0) is 37.5 Å². The van der Waals surface area contributed by atoms with E-state index in [9.17, 15) is 9.59 Å². The Labute approximate surface area is 114 Å². The van der Waals surface area contributed by atoms with E-state index in [0.29, 0.717) is 29.8 Å². The average Bonchev–Trinajstić information content (AvgIpc) is 2.36. The molecule has 0 saturated heterocycles. The number of hydrogen-bond acceptors (Lipinski definition) is 3. The van der Waals surface area contributed by atoms with E-state index in [4.69, 9.17) is 5.73 Å². The van der Waals surface area contributed by atoms with Crippen LogP contribution >= 0.6 is 0 Å². The number of primary amides is 1. The molecule has 0 aliphatic carbocycles. The molecule has 0 spiro atoms. The molecule has 0 aliphatic rings. The van der Waals surface area contributed by atoms with Gasteiger partial charge < -0.3 is 11.1 Å². The van der Waals surface area contributed by atoms with Crippen molar-refractivity contribution in [3.8, 4) is 0 Å². The largest absolute Gasteiger partial charge is 0.384 e. The number of ketones is 1. The van der Waals surface area contributed by atoms with Crippen LogP contribution in [0.5, 0.6) is 0 Å². The minimum atomic E-state index is -0.507. The standard InChI is InChI=1S/C15H22N2O2/c1-4-6-13(18)11-8-10(3)9-12(15(16)19)14(11)17-7-5-2/h8-9,17H,4-7H2,1-3H3,(H2,16,19). The summed E-state index contributed by atoms with van der Waals surface area (Å²) in [4.78, 5) is 23.7. The smallest absolute Gasteiger partial charge is 0.250 e. The van der Waals surface area contributed by atoms with Crippen molar-refractivity contribution in [1.29, 1.82) is 0 Å². The molecule has 0 fully saturated rings. The fourth-order valence-electron chi connectivity index (χ4n) is 2.00. The Kier molecular flexibility index (Phi) is 5.55. The number of carbonyl (C=O) groups excluding carboxylic acids is 2. The van der Waals surface area contributed by atoms with Crippen molar-refractivity contribution in [3.63, 3.8) is 0 Å². The van der Waals surface area contributed by atoms with Crippen LogP contribution < -0.4 is 11.1 Å². The Bertz CT molecular complexity index is 481. The maximum absolute atomic E-state index is 12.2. The van der Waals surface area contributed by atoms with Crippen molar-refractivity contribution < 1.29 is 9.59 Å². The Morgan fingerprint density at radius 2 is 1.79 bits per heavy atom. The molecule has 104 valence electrons. The fraction of sp³-hybridized carbons (Fsp3) is 0.467. The van der Waals surface area contributed by atoms with Gasteiger partial charge in [0.15, 0.2) is 5.78 Å². The van der Waals surface area contributed by atoms with Crippen molar-refractivity contribution in [2.24, 2.45) is 5.73 Å². The van der Waals surface area contributed by atoms with Crippen molar-refractivity contribution in [2.75, 3.05) is 11.9 Å². The third-order valence-corrected chi connectivity index (χ3v) is 2.88. The molecule has 0 unspecified atom stereocenters. The molecule has 0 saturated carbocycles. The number of carbonyl (C=O) groups is 2. The molecular formula is C15H22N2O2. The van der Waals surface area contributed by atoms with E-state index in [1.165, 1.54) is 0 Å². The zero-order valence-electron chi connectivity index (χ0n) is 11.9. The van der Waals surface area contributed by atoms with Crippen LogP contribution in [0.2, 0.25) is 0 Å². The lowest BCUT2D eigenvalue weighted by atomic mass is 9.97. The van der Waals surface area contributed by atoms with Crippen LogP contribution in [0.1, 0.15) is 59.4 Å². The minimum absolute atomic E-state index is 0.0484. The molecule has 0 atom stereocenters. The molecule has 1 aromatic carbocycles. The van der Waals surface area contributed by atoms with Gasteiger partial charge in [-0.25, -0.2) is 0 Å². The summed E-state index contributed by atoms with van der Waals surface area (Å²) in [6.07, 6.45) is 2.17. The van der Waals surface area contributed by atoms with Gasteiger partial charge in [0.25, 0.3) is 5.91 Å². The van der Waals surface area contributed by atoms with E-state index in [1.807, 2.05) is 26.8 Å². The van der Waals surface area contributed by atoms with Crippen LogP contribution in [0.15, 0.2) is 12.1 Å². The highest BCUT2D eigenvalue weighted by atomic mass is 16.1. The summed E-state index contributed by atoms with van der Waals surface area (Å²) in [6.45, 7) is 6.55. The number of nitrogens with one attached hydrogen (secondary N) is 1. The lowest BCUT2D eigenvalue weighted by Crippen LogP contribution is -2.18. The quantitative estimate of drug-likeness (QED) is 0.742. The number of nitrogens with two attached hydrogens (primary N) is 1. The third kappa shape index (κ3) is 3.81. The summed E-state index contributed by atoms with van der Waals surface area (Å²) in [7, 11) is 0. The lowest BCUT2D eigenvalue weighted by molar-refractivity contribution is 0.0982. The Morgan fingerprint density at radius 3 is 2.32 bits per heavy atom. The molecule has 0 heterocycles. The van der Waals surface area contributed by atoms with Gasteiger partial charge in [-0.3, -0.25) is 9.59 Å². The van der Waals surface area contributed by atoms with Gasteiger partial charge in [0.1, 0.15) is 0 Å². The lowest BCUT2D eigenvalue weighted by Gasteiger charge is -2.15. The molecule has 0 radical (unpaired) electrons. The van der Waals surface area contributed by atoms with Crippen LogP contribution in [0.3, 0.4) is 0 Å². The summed E-state index contributed by atoms with van der Waals surface area (Å²) < 4.78 is 0. The fourth-order valence-corrected chi connectivity index (χ4v) is 2.00. The van der Waals surface area contributed by atoms with E-state index >= 15 is 0 Å². The topological polar surface area (TPSA) is 72.2 Å². The van der Waals surface area contributed by atoms with Gasteiger partial charge in [-0.15, -0.1) is 0 Å². The summed E-state index contributed by atoms with van der Waals surface area (Å²) in [6, 6.07) is 3.55. The Balaban J connectivity index is 3.32. The van der Waals surface area contributed by atoms with Crippen LogP contribution in [-0.4, -0.2) is 18.2 Å². The van der Waals surface area contributed by atoms with Crippen molar-refractivity contribution in [1.82, 2.24) is 0 Å². The molecule has 19 heavy (non-hydrogen) atoms. The Hall–Kier alpha value is -1.84. The molecule has 3 N–H and O–H groups in total. The SMILES string of the molecule is CCCNc1c(C(N)=O)cc(C)cc1C(=O)CCC. The summed E-state index contributed by atoms with van der Waals surface area (Å²) in [5.41, 5.74) is 7.83. The average molecular weight is 262 g/mol. The maximum atomic E-state index is 12.2. The van der Waals surface area contributed by atoms with Gasteiger partial charge in [-0.1, -0.05) is 13.8 Å². The van der Waals surface area contributed by atoms with Crippen molar-refractivity contribution >= 4 is 17.4 Å². The Morgan fingerprint density at radius 1 is 1.16 bits per heavy atom. The second-order valence-electron chi connectivity index (χ2n) is 4.70. The highest BCUT2D eigenvalue weighted by Crippen LogP contribution is 2.25. The van der Waals surface area contributed by atoms with Gasteiger partial charge in [0.05, 0.1) is 11.3 Å². The number of anilines is 1. The minimum Gasteiger partial charge on any atom is -0.384 e. The molecule has 0 aromatic heterocycles. The van der Waals surface area contributed by atoms with Crippen LogP contribution in [-0.2, 0) is 0 Å². The molecular weight excluding hydrogens is 240 g/mol. The first-order valence-corrected chi connectivity index (χ1v) is 6.72. The zero-order chi connectivity index (χ0) is 14.4. The van der Waals surface area contributed by atoms with Crippen molar-refractivity contribution in [2.45, 2.75) is 40.0 Å². The van der Waals surface area contributed by atoms with Gasteiger partial charge in [0, 0.05) is 18.5 Å². The maximum Gasteiger partial charge on any atom is 0.250 e. The van der Waals surface area contributed by atoms with Crippen LogP contribution in [0.4, 0.5) is 5.69 Å². The monoisotopic (exact) mass is 262 g/mol. The van der Waals surface area contributed by atoms with Crippen LogP contribution in [0, 0.1) is 6.92 Å². The first kappa shape index (κ1) is 15.2. The third-order valence-electron chi connectivity index (χ3n) is 2.88. The van der Waals surface area contributed by atoms with Gasteiger partial charge in [-0.2, -0.15) is 0 Å². The number of hydrogen-bond donors (Lipinski definition) is 2. The number of Topliss-reactive ketones (excluding diaryl/α,β-unsaturated/α-hetero) is 1. The zero-order valence-corrected chi connectivity index (χ0v) is 11.9. The predicted octanol–water partition coefficient (Wildman–Crippen LogP) is 2.90. The van der Waals surface area contributed by atoms with E-state index in [1.54, 1.807) is 6.07 Å². The first-order chi connectivity index (χ1) is 9.01. The highest BCUT2D eigenvalue weighted by Gasteiger charge is 2.17. The highest BCUT2D eigenvalue weighted by molar-refractivity contribution is 6.08. The van der Waals surface area contributed by atoms with Gasteiger partial charge in [0.2, 0.25) is 0 Å². The molecule has 0 bridgehead atoms. The molecule has 1 amide bonds. The normalized spacial score (nSPS) is 10.3. The van der Waals surface area contributed by atoms with E-state index < -0.39 is 5.91 Å². The van der Waals surface area contributed by atoms with Crippen molar-refractivity contribution in [3.05, 3.63) is 28.8 Å². The second kappa shape index (κ2) is 6.92. The number of aryl methyl sites for hydroxylation is 1. The summed E-state index contributed by atoms with van der Waals surface area (Å²) in [5, 5.41) is 3.16. The number of benzene rings is 1. The summed E-state index contributed by atoms with van der Waals surface area (Å²) in [5.74, 6) is -0.458. The molecule has 0 aliphatic heterocycles. The van der Waals surface area contributed by atoms with Crippen LogP contribution in [0.25, 0.3) is 0 Å². The molecule has 1 rings (SSSR count). The molecule has 4 nitrogen and oxygen atoms in total. The van der Waals surface area contributed by atoms with E-state index in [-0.39, 0.29) is 5.78 Å². The number of amides is 1. The number of rotatable bonds is 7. The van der Waals surface area contributed by atoms with E-state index in [2.05, 4.69) is 5.32 Å².